The molecule has 0 spiro atoms. The van der Waals surface area contributed by atoms with Crippen LogP contribution in [0.5, 0.6) is 0 Å². The minimum atomic E-state index is -0.400. The van der Waals surface area contributed by atoms with Crippen molar-refractivity contribution in [2.24, 2.45) is 11.1 Å². The summed E-state index contributed by atoms with van der Waals surface area (Å²) in [5, 5.41) is 12.2. The number of rotatable bonds is 3. The van der Waals surface area contributed by atoms with Crippen LogP contribution in [-0.4, -0.2) is 24.0 Å². The van der Waals surface area contributed by atoms with E-state index in [1.165, 1.54) is 7.11 Å². The Morgan fingerprint density at radius 3 is 2.50 bits per heavy atom. The van der Waals surface area contributed by atoms with E-state index < -0.39 is 5.97 Å². The van der Waals surface area contributed by atoms with Crippen LogP contribution in [0.3, 0.4) is 0 Å². The zero-order valence-corrected chi connectivity index (χ0v) is 9.60. The average molecular weight is 221 g/mol. The van der Waals surface area contributed by atoms with Gasteiger partial charge in [0.1, 0.15) is 0 Å². The van der Waals surface area contributed by atoms with E-state index in [2.05, 4.69) is 9.89 Å². The fraction of sp³-hybridized carbons (Fsp3) is 0.333. The van der Waals surface area contributed by atoms with Gasteiger partial charge in [-0.1, -0.05) is 31.1 Å². The van der Waals surface area contributed by atoms with Crippen LogP contribution in [0.25, 0.3) is 0 Å². The molecule has 0 saturated carbocycles. The summed E-state index contributed by atoms with van der Waals surface area (Å²) in [4.78, 5) is 11.3. The van der Waals surface area contributed by atoms with Gasteiger partial charge in [-0.3, -0.25) is 0 Å². The van der Waals surface area contributed by atoms with E-state index in [0.717, 1.165) is 5.56 Å². The lowest BCUT2D eigenvalue weighted by Gasteiger charge is -2.09. The van der Waals surface area contributed by atoms with E-state index in [9.17, 15) is 4.79 Å². The predicted octanol–water partition coefficient (Wildman–Crippen LogP) is 2.31. The fourth-order valence-corrected chi connectivity index (χ4v) is 1.43. The standard InChI is InChI=1S/C12H15NO3/c1-8(2)11(13-15)9-5-4-6-10(7-9)12(14)16-3/h4-8,15H,1-3H3. The maximum Gasteiger partial charge on any atom is 0.337 e. The summed E-state index contributed by atoms with van der Waals surface area (Å²) in [5.41, 5.74) is 1.72. The molecule has 0 unspecified atom stereocenters. The molecule has 16 heavy (non-hydrogen) atoms. The molecule has 0 aromatic heterocycles. The number of carbonyl (C=O) groups is 1. The first-order valence-electron chi connectivity index (χ1n) is 5.00. The van der Waals surface area contributed by atoms with Crippen LogP contribution >= 0.6 is 0 Å². The lowest BCUT2D eigenvalue weighted by Crippen LogP contribution is -2.11. The van der Waals surface area contributed by atoms with Gasteiger partial charge in [0.05, 0.1) is 18.4 Å². The third-order valence-electron chi connectivity index (χ3n) is 2.23. The Balaban J connectivity index is 3.12. The Kier molecular flexibility index (Phi) is 4.05. The smallest absolute Gasteiger partial charge is 0.337 e. The zero-order chi connectivity index (χ0) is 12.1. The highest BCUT2D eigenvalue weighted by molar-refractivity contribution is 6.03. The van der Waals surface area contributed by atoms with Crippen LogP contribution in [0.15, 0.2) is 29.4 Å². The summed E-state index contributed by atoms with van der Waals surface area (Å²) >= 11 is 0. The summed E-state index contributed by atoms with van der Waals surface area (Å²) in [6.45, 7) is 3.83. The second kappa shape index (κ2) is 5.30. The molecular weight excluding hydrogens is 206 g/mol. The van der Waals surface area contributed by atoms with E-state index in [0.29, 0.717) is 11.3 Å². The molecule has 0 aliphatic carbocycles. The molecule has 4 heteroatoms. The van der Waals surface area contributed by atoms with Crippen molar-refractivity contribution in [2.45, 2.75) is 13.8 Å². The molecule has 0 bridgehead atoms. The van der Waals surface area contributed by atoms with Crippen LogP contribution in [0.1, 0.15) is 29.8 Å². The van der Waals surface area contributed by atoms with Gasteiger partial charge in [-0.2, -0.15) is 0 Å². The van der Waals surface area contributed by atoms with Gasteiger partial charge in [-0.05, 0) is 18.1 Å². The highest BCUT2D eigenvalue weighted by Gasteiger charge is 2.12. The van der Waals surface area contributed by atoms with Gasteiger partial charge in [0.15, 0.2) is 0 Å². The first kappa shape index (κ1) is 12.2. The van der Waals surface area contributed by atoms with Crippen LogP contribution in [0, 0.1) is 5.92 Å². The number of esters is 1. The number of hydrogen-bond acceptors (Lipinski definition) is 4. The summed E-state index contributed by atoms with van der Waals surface area (Å²) < 4.78 is 4.62. The van der Waals surface area contributed by atoms with Gasteiger partial charge in [0, 0.05) is 5.56 Å². The summed E-state index contributed by atoms with van der Waals surface area (Å²) in [6, 6.07) is 6.84. The number of carbonyl (C=O) groups excluding carboxylic acids is 1. The number of hydrogen-bond donors (Lipinski definition) is 1. The predicted molar refractivity (Wildman–Crippen MR) is 60.9 cm³/mol. The SMILES string of the molecule is COC(=O)c1cccc(C(=NO)C(C)C)c1. The van der Waals surface area contributed by atoms with Crippen molar-refractivity contribution in [3.05, 3.63) is 35.4 Å². The maximum absolute atomic E-state index is 11.3. The summed E-state index contributed by atoms with van der Waals surface area (Å²) in [6.07, 6.45) is 0. The van der Waals surface area contributed by atoms with Crippen LogP contribution < -0.4 is 0 Å². The first-order valence-corrected chi connectivity index (χ1v) is 5.00. The zero-order valence-electron chi connectivity index (χ0n) is 9.60. The third kappa shape index (κ3) is 2.59. The summed E-state index contributed by atoms with van der Waals surface area (Å²) in [5.74, 6) is -0.319. The number of oxime groups is 1. The molecule has 0 radical (unpaired) electrons. The molecular formula is C12H15NO3. The highest BCUT2D eigenvalue weighted by Crippen LogP contribution is 2.12. The first-order chi connectivity index (χ1) is 7.60. The van der Waals surface area contributed by atoms with E-state index in [-0.39, 0.29) is 5.92 Å². The Morgan fingerprint density at radius 2 is 2.00 bits per heavy atom. The molecule has 1 N–H and O–H groups in total. The number of ether oxygens (including phenoxy) is 1. The number of benzene rings is 1. The third-order valence-corrected chi connectivity index (χ3v) is 2.23. The Morgan fingerprint density at radius 1 is 1.38 bits per heavy atom. The molecule has 86 valence electrons. The second-order valence-electron chi connectivity index (χ2n) is 3.71. The molecule has 1 aromatic carbocycles. The molecule has 0 heterocycles. The second-order valence-corrected chi connectivity index (χ2v) is 3.71. The molecule has 0 atom stereocenters. The van der Waals surface area contributed by atoms with Crippen molar-refractivity contribution in [1.82, 2.24) is 0 Å². The lowest BCUT2D eigenvalue weighted by atomic mass is 9.98. The van der Waals surface area contributed by atoms with Crippen molar-refractivity contribution in [1.29, 1.82) is 0 Å². The Labute approximate surface area is 94.5 Å². The molecule has 1 aromatic rings. The Bertz CT molecular complexity index is 410. The number of methoxy groups -OCH3 is 1. The van der Waals surface area contributed by atoms with Crippen LogP contribution in [-0.2, 0) is 4.74 Å². The van der Waals surface area contributed by atoms with E-state index >= 15 is 0 Å². The lowest BCUT2D eigenvalue weighted by molar-refractivity contribution is 0.0600. The minimum absolute atomic E-state index is 0.0814. The molecule has 0 amide bonds. The topological polar surface area (TPSA) is 58.9 Å². The Hall–Kier alpha value is -1.84. The molecule has 0 saturated heterocycles. The van der Waals surface area contributed by atoms with Crippen molar-refractivity contribution in [2.75, 3.05) is 7.11 Å². The van der Waals surface area contributed by atoms with Gasteiger partial charge in [-0.25, -0.2) is 4.79 Å². The highest BCUT2D eigenvalue weighted by atomic mass is 16.5. The fourth-order valence-electron chi connectivity index (χ4n) is 1.43. The molecule has 0 fully saturated rings. The van der Waals surface area contributed by atoms with Gasteiger partial charge in [-0.15, -0.1) is 0 Å². The van der Waals surface area contributed by atoms with Gasteiger partial charge < -0.3 is 9.94 Å². The van der Waals surface area contributed by atoms with Gasteiger partial charge in [0.25, 0.3) is 0 Å². The maximum atomic E-state index is 11.3. The van der Waals surface area contributed by atoms with Crippen molar-refractivity contribution in [3.8, 4) is 0 Å². The van der Waals surface area contributed by atoms with Gasteiger partial charge >= 0.3 is 5.97 Å². The van der Waals surface area contributed by atoms with Crippen LogP contribution in [0.4, 0.5) is 0 Å². The normalized spacial score (nSPS) is 11.6. The molecule has 1 rings (SSSR count). The molecule has 4 nitrogen and oxygen atoms in total. The monoisotopic (exact) mass is 221 g/mol. The van der Waals surface area contributed by atoms with E-state index in [1.54, 1.807) is 24.3 Å². The largest absolute Gasteiger partial charge is 0.465 e. The van der Waals surface area contributed by atoms with Gasteiger partial charge in [0.2, 0.25) is 0 Å². The number of nitrogens with zero attached hydrogens (tertiary/aromatic N) is 1. The quantitative estimate of drug-likeness (QED) is 0.369. The van der Waals surface area contributed by atoms with Crippen molar-refractivity contribution in [3.63, 3.8) is 0 Å². The molecule has 0 aliphatic heterocycles. The minimum Gasteiger partial charge on any atom is -0.465 e. The van der Waals surface area contributed by atoms with E-state index in [4.69, 9.17) is 5.21 Å². The van der Waals surface area contributed by atoms with Crippen molar-refractivity contribution >= 4 is 11.7 Å². The van der Waals surface area contributed by atoms with Crippen LogP contribution in [0.2, 0.25) is 0 Å². The van der Waals surface area contributed by atoms with E-state index in [1.807, 2.05) is 13.8 Å². The summed E-state index contributed by atoms with van der Waals surface area (Å²) in [7, 11) is 1.33. The van der Waals surface area contributed by atoms with Crippen molar-refractivity contribution < 1.29 is 14.7 Å². The average Bonchev–Trinajstić information content (AvgIpc) is 2.29. The molecule has 0 aliphatic rings.